The molecule has 1 fully saturated rings. The second-order valence-corrected chi connectivity index (χ2v) is 6.40. The van der Waals surface area contributed by atoms with Gasteiger partial charge in [0.15, 0.2) is 5.92 Å². The molecule has 1 aromatic rings. The normalized spacial score (nSPS) is 19.6. The topological polar surface area (TPSA) is 52.6 Å². The summed E-state index contributed by atoms with van der Waals surface area (Å²) in [5, 5.41) is 0. The van der Waals surface area contributed by atoms with Gasteiger partial charge in [-0.1, -0.05) is 0 Å². The van der Waals surface area contributed by atoms with E-state index in [1.54, 1.807) is 25.2 Å². The van der Waals surface area contributed by atoms with Crippen LogP contribution in [0.1, 0.15) is 29.2 Å². The summed E-state index contributed by atoms with van der Waals surface area (Å²) in [5.74, 6) is -2.99. The molecule has 0 aliphatic carbocycles. The summed E-state index contributed by atoms with van der Waals surface area (Å²) in [6.07, 6.45) is 0.351. The number of aryl methyl sites for hydroxylation is 2. The zero-order valence-electron chi connectivity index (χ0n) is 10.9. The quantitative estimate of drug-likeness (QED) is 0.610. The molecule has 0 unspecified atom stereocenters. The molecular formula is C13H16O4S. The lowest BCUT2D eigenvalue weighted by Crippen LogP contribution is -2.46. The van der Waals surface area contributed by atoms with Crippen molar-refractivity contribution < 1.29 is 19.1 Å². The van der Waals surface area contributed by atoms with E-state index in [0.717, 1.165) is 10.4 Å². The number of rotatable bonds is 2. The van der Waals surface area contributed by atoms with Gasteiger partial charge in [0.2, 0.25) is 0 Å². The van der Waals surface area contributed by atoms with Crippen LogP contribution in [0.2, 0.25) is 0 Å². The van der Waals surface area contributed by atoms with Gasteiger partial charge in [0.05, 0.1) is 0 Å². The summed E-state index contributed by atoms with van der Waals surface area (Å²) >= 11 is 1.66. The summed E-state index contributed by atoms with van der Waals surface area (Å²) in [6, 6.07) is 2.00. The maximum absolute atomic E-state index is 11.8. The highest BCUT2D eigenvalue weighted by Crippen LogP contribution is 2.28. The standard InChI is InChI=1S/C13H16O4S/c1-7-5-9(8(2)18-7)6-10-11(14)16-13(3,4)17-12(10)15/h5,10H,6H2,1-4H3. The van der Waals surface area contributed by atoms with Crippen molar-refractivity contribution in [2.75, 3.05) is 0 Å². The molecule has 0 atom stereocenters. The van der Waals surface area contributed by atoms with Crippen molar-refractivity contribution >= 4 is 23.3 Å². The van der Waals surface area contributed by atoms with Crippen LogP contribution in [0.4, 0.5) is 0 Å². The van der Waals surface area contributed by atoms with Crippen LogP contribution in [0.3, 0.4) is 0 Å². The molecule has 0 saturated carbocycles. The largest absolute Gasteiger partial charge is 0.422 e. The molecule has 0 spiro atoms. The van der Waals surface area contributed by atoms with E-state index in [-0.39, 0.29) is 0 Å². The first-order valence-electron chi connectivity index (χ1n) is 5.80. The van der Waals surface area contributed by atoms with Crippen LogP contribution in [0.25, 0.3) is 0 Å². The third kappa shape index (κ3) is 2.56. The van der Waals surface area contributed by atoms with Crippen LogP contribution < -0.4 is 0 Å². The number of carbonyl (C=O) groups is 2. The summed E-state index contributed by atoms with van der Waals surface area (Å²) in [6.45, 7) is 7.09. The Morgan fingerprint density at radius 2 is 1.78 bits per heavy atom. The number of carbonyl (C=O) groups excluding carboxylic acids is 2. The maximum atomic E-state index is 11.8. The first-order valence-corrected chi connectivity index (χ1v) is 6.62. The molecule has 1 saturated heterocycles. The minimum atomic E-state index is -1.15. The molecule has 0 radical (unpaired) electrons. The summed E-state index contributed by atoms with van der Waals surface area (Å²) in [5.41, 5.74) is 1.01. The molecule has 1 aromatic heterocycles. The van der Waals surface area contributed by atoms with Gasteiger partial charge in [-0.2, -0.15) is 0 Å². The highest BCUT2D eigenvalue weighted by atomic mass is 32.1. The third-order valence-corrected chi connectivity index (χ3v) is 3.84. The van der Waals surface area contributed by atoms with Crippen LogP contribution in [0.15, 0.2) is 6.07 Å². The molecule has 4 nitrogen and oxygen atoms in total. The highest BCUT2D eigenvalue weighted by Gasteiger charge is 2.43. The zero-order chi connectivity index (χ0) is 13.5. The minimum Gasteiger partial charge on any atom is -0.422 e. The van der Waals surface area contributed by atoms with Crippen LogP contribution in [-0.4, -0.2) is 17.7 Å². The van der Waals surface area contributed by atoms with Gasteiger partial charge in [0.1, 0.15) is 0 Å². The first-order chi connectivity index (χ1) is 8.28. The number of hydrogen-bond donors (Lipinski definition) is 0. The molecule has 18 heavy (non-hydrogen) atoms. The molecule has 5 heteroatoms. The Kier molecular flexibility index (Phi) is 3.19. The predicted octanol–water partition coefficient (Wildman–Crippen LogP) is 2.36. The van der Waals surface area contributed by atoms with Crippen molar-refractivity contribution in [1.29, 1.82) is 0 Å². The monoisotopic (exact) mass is 268 g/mol. The minimum absolute atomic E-state index is 0.351. The van der Waals surface area contributed by atoms with Crippen molar-refractivity contribution in [2.24, 2.45) is 5.92 Å². The fourth-order valence-electron chi connectivity index (χ4n) is 2.02. The molecule has 0 aromatic carbocycles. The van der Waals surface area contributed by atoms with Gasteiger partial charge < -0.3 is 9.47 Å². The van der Waals surface area contributed by atoms with Gasteiger partial charge in [-0.05, 0) is 31.9 Å². The third-order valence-electron chi connectivity index (χ3n) is 2.83. The van der Waals surface area contributed by atoms with E-state index in [9.17, 15) is 9.59 Å². The van der Waals surface area contributed by atoms with E-state index >= 15 is 0 Å². The summed E-state index contributed by atoms with van der Waals surface area (Å²) < 4.78 is 10.2. The number of ether oxygens (including phenoxy) is 2. The Morgan fingerprint density at radius 3 is 2.22 bits per heavy atom. The summed E-state index contributed by atoms with van der Waals surface area (Å²) in [7, 11) is 0. The van der Waals surface area contributed by atoms with Gasteiger partial charge in [0, 0.05) is 23.6 Å². The first kappa shape index (κ1) is 13.1. The Hall–Kier alpha value is -1.36. The van der Waals surface area contributed by atoms with Crippen molar-refractivity contribution in [3.05, 3.63) is 21.4 Å². The van der Waals surface area contributed by atoms with E-state index in [2.05, 4.69) is 0 Å². The molecule has 0 bridgehead atoms. The number of hydrogen-bond acceptors (Lipinski definition) is 5. The second-order valence-electron chi connectivity index (χ2n) is 4.94. The van der Waals surface area contributed by atoms with E-state index in [0.29, 0.717) is 6.42 Å². The van der Waals surface area contributed by atoms with Crippen molar-refractivity contribution in [1.82, 2.24) is 0 Å². The van der Waals surface area contributed by atoms with Gasteiger partial charge in [-0.3, -0.25) is 9.59 Å². The van der Waals surface area contributed by atoms with Crippen LogP contribution in [-0.2, 0) is 25.5 Å². The fourth-order valence-corrected chi connectivity index (χ4v) is 2.97. The molecule has 2 rings (SSSR count). The Morgan fingerprint density at radius 1 is 1.22 bits per heavy atom. The van der Waals surface area contributed by atoms with Crippen LogP contribution in [0.5, 0.6) is 0 Å². The molecule has 0 amide bonds. The summed E-state index contributed by atoms with van der Waals surface area (Å²) in [4.78, 5) is 25.9. The van der Waals surface area contributed by atoms with Crippen molar-refractivity contribution in [2.45, 2.75) is 39.9 Å². The van der Waals surface area contributed by atoms with Crippen molar-refractivity contribution in [3.63, 3.8) is 0 Å². The predicted molar refractivity (Wildman–Crippen MR) is 67.3 cm³/mol. The average molecular weight is 268 g/mol. The number of esters is 2. The van der Waals surface area contributed by atoms with E-state index < -0.39 is 23.6 Å². The lowest BCUT2D eigenvalue weighted by Gasteiger charge is -2.32. The molecule has 98 valence electrons. The zero-order valence-corrected chi connectivity index (χ0v) is 11.7. The number of cyclic esters (lactones) is 2. The van der Waals surface area contributed by atoms with E-state index in [4.69, 9.17) is 9.47 Å². The molecular weight excluding hydrogens is 252 g/mol. The molecule has 1 aliphatic heterocycles. The Balaban J connectivity index is 2.17. The van der Waals surface area contributed by atoms with E-state index in [1.165, 1.54) is 4.88 Å². The van der Waals surface area contributed by atoms with Crippen LogP contribution in [0, 0.1) is 19.8 Å². The molecule has 1 aliphatic rings. The van der Waals surface area contributed by atoms with E-state index in [1.807, 2.05) is 19.9 Å². The maximum Gasteiger partial charge on any atom is 0.323 e. The Labute approximate surface area is 110 Å². The lowest BCUT2D eigenvalue weighted by atomic mass is 9.98. The van der Waals surface area contributed by atoms with Gasteiger partial charge in [-0.15, -0.1) is 11.3 Å². The van der Waals surface area contributed by atoms with Crippen LogP contribution >= 0.6 is 11.3 Å². The van der Waals surface area contributed by atoms with Crippen molar-refractivity contribution in [3.8, 4) is 0 Å². The smallest absolute Gasteiger partial charge is 0.323 e. The SMILES string of the molecule is Cc1cc(CC2C(=O)OC(C)(C)OC2=O)c(C)s1. The highest BCUT2D eigenvalue weighted by molar-refractivity contribution is 7.12. The lowest BCUT2D eigenvalue weighted by molar-refractivity contribution is -0.239. The Bertz CT molecular complexity index is 481. The average Bonchev–Trinajstić information content (AvgIpc) is 2.49. The van der Waals surface area contributed by atoms with Gasteiger partial charge in [-0.25, -0.2) is 0 Å². The molecule has 0 N–H and O–H groups in total. The molecule has 2 heterocycles. The second kappa shape index (κ2) is 4.39. The van der Waals surface area contributed by atoms with Gasteiger partial charge in [0.25, 0.3) is 5.79 Å². The van der Waals surface area contributed by atoms with Gasteiger partial charge >= 0.3 is 11.9 Å². The number of thiophene rings is 1. The fraction of sp³-hybridized carbons (Fsp3) is 0.538.